The van der Waals surface area contributed by atoms with Gasteiger partial charge < -0.3 is 4.74 Å². The summed E-state index contributed by atoms with van der Waals surface area (Å²) < 4.78 is 18.9. The van der Waals surface area contributed by atoms with Crippen molar-refractivity contribution in [2.45, 2.75) is 0 Å². The van der Waals surface area contributed by atoms with E-state index >= 15 is 0 Å². The zero-order valence-corrected chi connectivity index (χ0v) is 7.51. The second-order valence-electron chi connectivity index (χ2n) is 2.66. The van der Waals surface area contributed by atoms with Gasteiger partial charge in [-0.3, -0.25) is 0 Å². The average molecular weight is 193 g/mol. The van der Waals surface area contributed by atoms with Gasteiger partial charge >= 0.3 is 0 Å². The van der Waals surface area contributed by atoms with E-state index in [-0.39, 0.29) is 5.82 Å². The van der Waals surface area contributed by atoms with Gasteiger partial charge in [-0.2, -0.15) is 5.10 Å². The van der Waals surface area contributed by atoms with Gasteiger partial charge in [-0.25, -0.2) is 14.1 Å². The normalized spacial score (nSPS) is 10.1. The third-order valence-electron chi connectivity index (χ3n) is 1.75. The molecule has 2 rings (SSSR count). The standard InChI is InChI=1S/C9H8FN3O/c1-14-9-3-2-8(5-11-9)13-6-7(10)4-12-13/h2-6H,1H3. The summed E-state index contributed by atoms with van der Waals surface area (Å²) in [6.45, 7) is 0. The fourth-order valence-electron chi connectivity index (χ4n) is 1.07. The van der Waals surface area contributed by atoms with Gasteiger partial charge in [0.25, 0.3) is 0 Å². The second kappa shape index (κ2) is 3.45. The van der Waals surface area contributed by atoms with Gasteiger partial charge in [-0.1, -0.05) is 0 Å². The van der Waals surface area contributed by atoms with Gasteiger partial charge in [-0.15, -0.1) is 0 Å². The molecular weight excluding hydrogens is 185 g/mol. The summed E-state index contributed by atoms with van der Waals surface area (Å²) in [5.41, 5.74) is 0.690. The van der Waals surface area contributed by atoms with Gasteiger partial charge in [0.05, 0.1) is 31.4 Å². The number of hydrogen-bond donors (Lipinski definition) is 0. The molecule has 0 aromatic carbocycles. The van der Waals surface area contributed by atoms with Crippen molar-refractivity contribution in [3.63, 3.8) is 0 Å². The van der Waals surface area contributed by atoms with Crippen molar-refractivity contribution < 1.29 is 9.13 Å². The molecule has 72 valence electrons. The number of pyridine rings is 1. The fourth-order valence-corrected chi connectivity index (χ4v) is 1.07. The lowest BCUT2D eigenvalue weighted by Crippen LogP contribution is -1.95. The monoisotopic (exact) mass is 193 g/mol. The Bertz CT molecular complexity index is 424. The summed E-state index contributed by atoms with van der Waals surface area (Å²) in [6.07, 6.45) is 3.99. The maximum absolute atomic E-state index is 12.6. The van der Waals surface area contributed by atoms with Crippen LogP contribution in [-0.2, 0) is 0 Å². The minimum Gasteiger partial charge on any atom is -0.481 e. The van der Waals surface area contributed by atoms with Crippen LogP contribution < -0.4 is 4.74 Å². The Kier molecular flexibility index (Phi) is 2.14. The Morgan fingerprint density at radius 1 is 1.36 bits per heavy atom. The minimum atomic E-state index is -0.374. The Morgan fingerprint density at radius 2 is 2.21 bits per heavy atom. The maximum Gasteiger partial charge on any atom is 0.213 e. The van der Waals surface area contributed by atoms with Gasteiger partial charge in [-0.05, 0) is 6.07 Å². The molecule has 0 unspecified atom stereocenters. The Hall–Kier alpha value is -1.91. The Labute approximate surface area is 80.0 Å². The number of aromatic nitrogens is 3. The highest BCUT2D eigenvalue weighted by Crippen LogP contribution is 2.10. The molecule has 0 saturated carbocycles. The van der Waals surface area contributed by atoms with E-state index in [0.29, 0.717) is 11.6 Å². The number of rotatable bonds is 2. The average Bonchev–Trinajstić information content (AvgIpc) is 2.65. The van der Waals surface area contributed by atoms with Crippen LogP contribution in [0, 0.1) is 5.82 Å². The Balaban J connectivity index is 2.33. The molecule has 0 radical (unpaired) electrons. The van der Waals surface area contributed by atoms with Crippen molar-refractivity contribution in [3.8, 4) is 11.6 Å². The summed E-state index contributed by atoms with van der Waals surface area (Å²) in [7, 11) is 1.54. The molecule has 2 aromatic heterocycles. The molecule has 0 saturated heterocycles. The van der Waals surface area contributed by atoms with Crippen LogP contribution in [0.1, 0.15) is 0 Å². The molecule has 2 heterocycles. The van der Waals surface area contributed by atoms with Crippen LogP contribution in [0.4, 0.5) is 4.39 Å². The Morgan fingerprint density at radius 3 is 2.71 bits per heavy atom. The van der Waals surface area contributed by atoms with Crippen LogP contribution in [0.25, 0.3) is 5.69 Å². The zero-order valence-electron chi connectivity index (χ0n) is 7.51. The van der Waals surface area contributed by atoms with Crippen molar-refractivity contribution in [1.82, 2.24) is 14.8 Å². The van der Waals surface area contributed by atoms with Gasteiger partial charge in [0.15, 0.2) is 5.82 Å². The third-order valence-corrected chi connectivity index (χ3v) is 1.75. The minimum absolute atomic E-state index is 0.374. The fraction of sp³-hybridized carbons (Fsp3) is 0.111. The summed E-state index contributed by atoms with van der Waals surface area (Å²) in [5, 5.41) is 3.80. The van der Waals surface area contributed by atoms with Crippen molar-refractivity contribution >= 4 is 0 Å². The van der Waals surface area contributed by atoms with E-state index in [9.17, 15) is 4.39 Å². The molecule has 0 amide bonds. The first-order chi connectivity index (χ1) is 6.79. The molecular formula is C9H8FN3O. The number of ether oxygens (including phenoxy) is 1. The maximum atomic E-state index is 12.6. The first-order valence-corrected chi connectivity index (χ1v) is 4.00. The van der Waals surface area contributed by atoms with Gasteiger partial charge in [0.1, 0.15) is 0 Å². The lowest BCUT2D eigenvalue weighted by atomic mass is 10.4. The third kappa shape index (κ3) is 1.56. The van der Waals surface area contributed by atoms with Crippen LogP contribution in [0.3, 0.4) is 0 Å². The lowest BCUT2D eigenvalue weighted by molar-refractivity contribution is 0.397. The molecule has 0 fully saturated rings. The first-order valence-electron chi connectivity index (χ1n) is 4.00. The van der Waals surface area contributed by atoms with Crippen LogP contribution in [-0.4, -0.2) is 21.9 Å². The second-order valence-corrected chi connectivity index (χ2v) is 2.66. The summed E-state index contributed by atoms with van der Waals surface area (Å²) in [6, 6.07) is 3.44. The molecule has 0 bridgehead atoms. The quantitative estimate of drug-likeness (QED) is 0.724. The van der Waals surface area contributed by atoms with E-state index in [0.717, 1.165) is 6.20 Å². The number of hydrogen-bond acceptors (Lipinski definition) is 3. The predicted octanol–water partition coefficient (Wildman–Crippen LogP) is 1.42. The highest BCUT2D eigenvalue weighted by atomic mass is 19.1. The topological polar surface area (TPSA) is 39.9 Å². The molecule has 0 aliphatic carbocycles. The van der Waals surface area contributed by atoms with E-state index in [2.05, 4.69) is 10.1 Å². The molecule has 4 nitrogen and oxygen atoms in total. The van der Waals surface area contributed by atoms with Crippen molar-refractivity contribution in [2.24, 2.45) is 0 Å². The SMILES string of the molecule is COc1ccc(-n2cc(F)cn2)cn1. The summed E-state index contributed by atoms with van der Waals surface area (Å²) >= 11 is 0. The van der Waals surface area contributed by atoms with E-state index in [1.54, 1.807) is 18.3 Å². The lowest BCUT2D eigenvalue weighted by Gasteiger charge is -2.01. The predicted molar refractivity (Wildman–Crippen MR) is 47.9 cm³/mol. The number of methoxy groups -OCH3 is 1. The highest BCUT2D eigenvalue weighted by molar-refractivity contribution is 5.30. The van der Waals surface area contributed by atoms with E-state index in [1.165, 1.54) is 18.0 Å². The van der Waals surface area contributed by atoms with Crippen LogP contribution >= 0.6 is 0 Å². The van der Waals surface area contributed by atoms with Crippen LogP contribution in [0.5, 0.6) is 5.88 Å². The van der Waals surface area contributed by atoms with Crippen molar-refractivity contribution in [2.75, 3.05) is 7.11 Å². The molecule has 0 N–H and O–H groups in total. The molecule has 14 heavy (non-hydrogen) atoms. The van der Waals surface area contributed by atoms with E-state index in [1.807, 2.05) is 0 Å². The largest absolute Gasteiger partial charge is 0.481 e. The zero-order chi connectivity index (χ0) is 9.97. The first kappa shape index (κ1) is 8.68. The summed E-state index contributed by atoms with van der Waals surface area (Å²) in [4.78, 5) is 3.98. The highest BCUT2D eigenvalue weighted by Gasteiger charge is 2.00. The molecule has 0 aliphatic heterocycles. The number of nitrogens with zero attached hydrogens (tertiary/aromatic N) is 3. The van der Waals surface area contributed by atoms with Gasteiger partial charge in [0.2, 0.25) is 5.88 Å². The van der Waals surface area contributed by atoms with E-state index < -0.39 is 0 Å². The smallest absolute Gasteiger partial charge is 0.213 e. The molecule has 0 spiro atoms. The van der Waals surface area contributed by atoms with Gasteiger partial charge in [0, 0.05) is 6.07 Å². The number of halogens is 1. The molecule has 0 atom stereocenters. The molecule has 5 heteroatoms. The summed E-state index contributed by atoms with van der Waals surface area (Å²) in [5.74, 6) is 0.141. The van der Waals surface area contributed by atoms with Crippen LogP contribution in [0.2, 0.25) is 0 Å². The molecule has 0 aliphatic rings. The molecule has 2 aromatic rings. The van der Waals surface area contributed by atoms with Crippen molar-refractivity contribution in [3.05, 3.63) is 36.5 Å². The van der Waals surface area contributed by atoms with E-state index in [4.69, 9.17) is 4.74 Å². The van der Waals surface area contributed by atoms with Crippen LogP contribution in [0.15, 0.2) is 30.7 Å². The van der Waals surface area contributed by atoms with Crippen molar-refractivity contribution in [1.29, 1.82) is 0 Å².